The molecule has 0 amide bonds. The minimum atomic E-state index is 0.572. The monoisotopic (exact) mass is 221 g/mol. The van der Waals surface area contributed by atoms with Gasteiger partial charge in [-0.2, -0.15) is 0 Å². The Hall–Kier alpha value is 0.0100. The second-order valence-corrected chi connectivity index (χ2v) is 3.51. The van der Waals surface area contributed by atoms with Gasteiger partial charge in [0.2, 0.25) is 0 Å². The highest BCUT2D eigenvalue weighted by Gasteiger charge is 1.91. The predicted octanol–water partition coefficient (Wildman–Crippen LogP) is 2.44. The highest BCUT2D eigenvalue weighted by atomic mass is 127. The van der Waals surface area contributed by atoms with Crippen LogP contribution in [0, 0.1) is 0 Å². The van der Waals surface area contributed by atoms with Crippen LogP contribution < -0.4 is 0 Å². The number of hydrogen-bond donors (Lipinski definition) is 0. The van der Waals surface area contributed by atoms with E-state index in [1.165, 1.54) is 0 Å². The number of nitrogens with zero attached hydrogens (tertiary/aromatic N) is 1. The molecule has 0 aliphatic rings. The second-order valence-electron chi connectivity index (χ2n) is 1.70. The third kappa shape index (κ3) is 1.24. The van der Waals surface area contributed by atoms with Gasteiger partial charge >= 0.3 is 0 Å². The molecule has 1 atom stereocenters. The summed E-state index contributed by atoms with van der Waals surface area (Å²) in [6, 6.07) is 4.07. The fourth-order valence-corrected chi connectivity index (χ4v) is 0.956. The van der Waals surface area contributed by atoms with Crippen molar-refractivity contribution in [3.63, 3.8) is 0 Å². The van der Waals surface area contributed by atoms with E-state index in [1.807, 2.05) is 12.1 Å². The fourth-order valence-electron chi connectivity index (χ4n) is 0.585. The molecule has 0 bridgehead atoms. The number of alkyl halides is 1. The van der Waals surface area contributed by atoms with Crippen LogP contribution in [0.15, 0.2) is 24.5 Å². The van der Waals surface area contributed by atoms with Crippen molar-refractivity contribution < 1.29 is 0 Å². The Morgan fingerprint density at radius 1 is 1.38 bits per heavy atom. The lowest BCUT2D eigenvalue weighted by molar-refractivity contribution is 0.775. The summed E-state index contributed by atoms with van der Waals surface area (Å²) in [4.78, 5) is 0. The van der Waals surface area contributed by atoms with E-state index in [9.17, 15) is 0 Å². The zero-order chi connectivity index (χ0) is 5.98. The maximum atomic E-state index is 2.37. The van der Waals surface area contributed by atoms with Crippen LogP contribution in [-0.4, -0.2) is 4.57 Å². The van der Waals surface area contributed by atoms with Crippen molar-refractivity contribution in [2.24, 2.45) is 0 Å². The Bertz CT molecular complexity index is 144. The van der Waals surface area contributed by atoms with Gasteiger partial charge in [-0.25, -0.2) is 0 Å². The maximum Gasteiger partial charge on any atom is 0.0818 e. The van der Waals surface area contributed by atoms with Crippen LogP contribution in [0.4, 0.5) is 0 Å². The smallest absolute Gasteiger partial charge is 0.0818 e. The minimum Gasteiger partial charge on any atom is -0.342 e. The summed E-state index contributed by atoms with van der Waals surface area (Å²) < 4.78 is 2.73. The molecule has 1 nitrogen and oxygen atoms in total. The molecule has 0 aliphatic heterocycles. The Labute approximate surface area is 62.8 Å². The molecule has 8 heavy (non-hydrogen) atoms. The molecule has 1 unspecified atom stereocenters. The Morgan fingerprint density at radius 2 is 1.88 bits per heavy atom. The van der Waals surface area contributed by atoms with Gasteiger partial charge in [0.25, 0.3) is 0 Å². The van der Waals surface area contributed by atoms with E-state index in [1.54, 1.807) is 0 Å². The zero-order valence-electron chi connectivity index (χ0n) is 4.71. The van der Waals surface area contributed by atoms with Gasteiger partial charge in [0.1, 0.15) is 0 Å². The molecule has 0 spiro atoms. The van der Waals surface area contributed by atoms with Gasteiger partial charge in [0, 0.05) is 12.4 Å². The lowest BCUT2D eigenvalue weighted by Crippen LogP contribution is -1.90. The van der Waals surface area contributed by atoms with Gasteiger partial charge in [0.05, 0.1) is 4.05 Å². The van der Waals surface area contributed by atoms with Gasteiger partial charge in [-0.05, 0) is 19.1 Å². The first-order valence-electron chi connectivity index (χ1n) is 2.57. The van der Waals surface area contributed by atoms with E-state index in [-0.39, 0.29) is 0 Å². The highest BCUT2D eigenvalue weighted by Crippen LogP contribution is 2.12. The Kier molecular flexibility index (Phi) is 1.94. The number of hydrogen-bond acceptors (Lipinski definition) is 0. The van der Waals surface area contributed by atoms with E-state index in [0.29, 0.717) is 4.05 Å². The fraction of sp³-hybridized carbons (Fsp3) is 0.333. The molecule has 0 saturated heterocycles. The summed E-state index contributed by atoms with van der Waals surface area (Å²) >= 11 is 2.37. The molecule has 1 aromatic rings. The number of aromatic nitrogens is 1. The summed E-state index contributed by atoms with van der Waals surface area (Å²) in [6.07, 6.45) is 4.13. The van der Waals surface area contributed by atoms with E-state index in [4.69, 9.17) is 0 Å². The van der Waals surface area contributed by atoms with Crippen LogP contribution in [0.3, 0.4) is 0 Å². The molecule has 2 heteroatoms. The standard InChI is InChI=1S/C6H8IN/c1-6(7)8-4-2-3-5-8/h2-6H,1H3. The quantitative estimate of drug-likeness (QED) is 0.507. The topological polar surface area (TPSA) is 4.93 Å². The molecule has 0 N–H and O–H groups in total. The van der Waals surface area contributed by atoms with Crippen molar-refractivity contribution in [2.75, 3.05) is 0 Å². The number of rotatable bonds is 1. The van der Waals surface area contributed by atoms with Gasteiger partial charge in [0.15, 0.2) is 0 Å². The molecule has 0 aromatic carbocycles. The molecular formula is C6H8IN. The average Bonchev–Trinajstić information content (AvgIpc) is 2.12. The highest BCUT2D eigenvalue weighted by molar-refractivity contribution is 14.1. The summed E-state index contributed by atoms with van der Waals surface area (Å²) in [5.41, 5.74) is 0. The van der Waals surface area contributed by atoms with Crippen molar-refractivity contribution in [1.82, 2.24) is 4.57 Å². The summed E-state index contributed by atoms with van der Waals surface area (Å²) in [5, 5.41) is 0. The van der Waals surface area contributed by atoms with Crippen LogP contribution in [-0.2, 0) is 0 Å². The third-order valence-electron chi connectivity index (χ3n) is 1.04. The number of halogens is 1. The first-order valence-corrected chi connectivity index (χ1v) is 3.82. The lowest BCUT2D eigenvalue weighted by Gasteiger charge is -2.01. The molecule has 0 saturated carbocycles. The average molecular weight is 221 g/mol. The molecule has 0 fully saturated rings. The molecule has 0 radical (unpaired) electrons. The summed E-state index contributed by atoms with van der Waals surface area (Å²) in [7, 11) is 0. The predicted molar refractivity (Wildman–Crippen MR) is 43.2 cm³/mol. The van der Waals surface area contributed by atoms with Crippen molar-refractivity contribution in [2.45, 2.75) is 11.0 Å². The van der Waals surface area contributed by atoms with Gasteiger partial charge in [-0.1, -0.05) is 22.6 Å². The van der Waals surface area contributed by atoms with E-state index in [0.717, 1.165) is 0 Å². The summed E-state index contributed by atoms with van der Waals surface area (Å²) in [5.74, 6) is 0. The summed E-state index contributed by atoms with van der Waals surface area (Å²) in [6.45, 7) is 2.15. The van der Waals surface area contributed by atoms with Gasteiger partial charge in [-0.15, -0.1) is 0 Å². The van der Waals surface area contributed by atoms with Crippen molar-refractivity contribution in [3.8, 4) is 0 Å². The first kappa shape index (κ1) is 6.13. The van der Waals surface area contributed by atoms with Crippen LogP contribution in [0.1, 0.15) is 11.0 Å². The zero-order valence-corrected chi connectivity index (χ0v) is 6.87. The van der Waals surface area contributed by atoms with Crippen LogP contribution in [0.25, 0.3) is 0 Å². The van der Waals surface area contributed by atoms with Gasteiger partial charge < -0.3 is 4.57 Å². The Balaban J connectivity index is 2.77. The molecular weight excluding hydrogens is 213 g/mol. The Morgan fingerprint density at radius 3 is 2.12 bits per heavy atom. The minimum absolute atomic E-state index is 0.572. The van der Waals surface area contributed by atoms with Gasteiger partial charge in [-0.3, -0.25) is 0 Å². The van der Waals surface area contributed by atoms with Crippen LogP contribution >= 0.6 is 22.6 Å². The molecule has 44 valence electrons. The SMILES string of the molecule is CC(I)n1cccc1. The second kappa shape index (κ2) is 2.53. The lowest BCUT2D eigenvalue weighted by atomic mass is 10.7. The maximum absolute atomic E-state index is 2.37. The van der Waals surface area contributed by atoms with Crippen LogP contribution in [0.2, 0.25) is 0 Å². The van der Waals surface area contributed by atoms with E-state index < -0.39 is 0 Å². The third-order valence-corrected chi connectivity index (χ3v) is 1.68. The normalized spacial score (nSPS) is 13.8. The van der Waals surface area contributed by atoms with Crippen LogP contribution in [0.5, 0.6) is 0 Å². The van der Waals surface area contributed by atoms with Crippen molar-refractivity contribution in [1.29, 1.82) is 0 Å². The van der Waals surface area contributed by atoms with Crippen molar-refractivity contribution >= 4 is 22.6 Å². The molecule has 1 aromatic heterocycles. The molecule has 0 aliphatic carbocycles. The molecule has 1 heterocycles. The largest absolute Gasteiger partial charge is 0.342 e. The van der Waals surface area contributed by atoms with E-state index in [2.05, 4.69) is 46.5 Å². The van der Waals surface area contributed by atoms with Crippen molar-refractivity contribution in [3.05, 3.63) is 24.5 Å². The van der Waals surface area contributed by atoms with E-state index >= 15 is 0 Å². The molecule has 1 rings (SSSR count). The first-order chi connectivity index (χ1) is 3.80.